The first-order chi connectivity index (χ1) is 13.2. The molecule has 0 atom stereocenters. The number of anilines is 3. The van der Waals surface area contributed by atoms with E-state index in [2.05, 4.69) is 15.6 Å². The Morgan fingerprint density at radius 2 is 1.54 bits per heavy atom. The average Bonchev–Trinajstić information content (AvgIpc) is 2.65. The summed E-state index contributed by atoms with van der Waals surface area (Å²) in [6.07, 6.45) is -3.24. The summed E-state index contributed by atoms with van der Waals surface area (Å²) < 4.78 is 64.9. The maximum atomic E-state index is 13.6. The van der Waals surface area contributed by atoms with Crippen molar-refractivity contribution in [3.8, 4) is 0 Å². The second kappa shape index (κ2) is 7.63. The third-order valence-corrected chi connectivity index (χ3v) is 3.71. The highest BCUT2D eigenvalue weighted by Gasteiger charge is 2.30. The zero-order valence-electron chi connectivity index (χ0n) is 14.0. The molecule has 0 saturated carbocycles. The topological polar surface area (TPSA) is 54.0 Å². The minimum absolute atomic E-state index is 0.0189. The zero-order chi connectivity index (χ0) is 20.3. The Labute approximate surface area is 156 Å². The molecule has 1 amide bonds. The number of carbonyl (C=O) groups excluding carboxylic acids is 1. The molecule has 4 nitrogen and oxygen atoms in total. The first-order valence-electron chi connectivity index (χ1n) is 7.90. The van der Waals surface area contributed by atoms with Crippen LogP contribution in [0.15, 0.2) is 60.8 Å². The number of nitrogens with one attached hydrogen (secondary N) is 2. The van der Waals surface area contributed by atoms with E-state index in [4.69, 9.17) is 0 Å². The van der Waals surface area contributed by atoms with Gasteiger partial charge in [-0.05, 0) is 48.5 Å². The van der Waals surface area contributed by atoms with Crippen LogP contribution < -0.4 is 10.6 Å². The summed E-state index contributed by atoms with van der Waals surface area (Å²) in [6, 6.07) is 9.94. The molecule has 3 rings (SSSR count). The molecular formula is C19H12F5N3O. The summed E-state index contributed by atoms with van der Waals surface area (Å²) in [5.41, 5.74) is -0.911. The summed E-state index contributed by atoms with van der Waals surface area (Å²) in [5, 5.41) is 4.96. The Morgan fingerprint density at radius 3 is 2.07 bits per heavy atom. The van der Waals surface area contributed by atoms with Gasteiger partial charge in [0.05, 0.1) is 17.4 Å². The number of aromatic nitrogens is 1. The fourth-order valence-corrected chi connectivity index (χ4v) is 2.30. The van der Waals surface area contributed by atoms with Gasteiger partial charge in [0.15, 0.2) is 0 Å². The quantitative estimate of drug-likeness (QED) is 0.586. The summed E-state index contributed by atoms with van der Waals surface area (Å²) in [4.78, 5) is 16.0. The highest BCUT2D eigenvalue weighted by Crippen LogP contribution is 2.29. The normalized spacial score (nSPS) is 11.2. The van der Waals surface area contributed by atoms with Crippen molar-refractivity contribution in [2.75, 3.05) is 10.6 Å². The van der Waals surface area contributed by atoms with Crippen LogP contribution >= 0.6 is 0 Å². The van der Waals surface area contributed by atoms with Gasteiger partial charge in [-0.1, -0.05) is 6.07 Å². The van der Waals surface area contributed by atoms with Gasteiger partial charge in [-0.25, -0.2) is 13.8 Å². The highest BCUT2D eigenvalue weighted by molar-refractivity contribution is 6.03. The molecule has 0 spiro atoms. The van der Waals surface area contributed by atoms with Crippen molar-refractivity contribution >= 4 is 23.1 Å². The first-order valence-corrected chi connectivity index (χ1v) is 7.90. The van der Waals surface area contributed by atoms with E-state index in [1.54, 1.807) is 0 Å². The van der Waals surface area contributed by atoms with E-state index in [1.807, 2.05) is 0 Å². The first kappa shape index (κ1) is 19.3. The Morgan fingerprint density at radius 1 is 0.893 bits per heavy atom. The fraction of sp³-hybridized carbons (Fsp3) is 0.0526. The Bertz CT molecular complexity index is 966. The largest absolute Gasteiger partial charge is 0.416 e. The molecule has 28 heavy (non-hydrogen) atoms. The number of nitrogens with zero attached hydrogens (tertiary/aromatic N) is 1. The van der Waals surface area contributed by atoms with E-state index >= 15 is 0 Å². The van der Waals surface area contributed by atoms with Crippen LogP contribution in [0.3, 0.4) is 0 Å². The third-order valence-electron chi connectivity index (χ3n) is 3.71. The molecule has 1 aromatic heterocycles. The van der Waals surface area contributed by atoms with E-state index in [9.17, 15) is 26.7 Å². The number of halogens is 5. The van der Waals surface area contributed by atoms with Crippen molar-refractivity contribution in [3.63, 3.8) is 0 Å². The number of rotatable bonds is 4. The minimum atomic E-state index is -4.49. The molecule has 2 N–H and O–H groups in total. The van der Waals surface area contributed by atoms with Crippen molar-refractivity contribution < 1.29 is 26.7 Å². The van der Waals surface area contributed by atoms with Crippen LogP contribution in [0.5, 0.6) is 0 Å². The highest BCUT2D eigenvalue weighted by atomic mass is 19.4. The van der Waals surface area contributed by atoms with Crippen LogP contribution in [0.4, 0.5) is 39.1 Å². The molecule has 0 aliphatic heterocycles. The zero-order valence-corrected chi connectivity index (χ0v) is 14.0. The summed E-state index contributed by atoms with van der Waals surface area (Å²) in [5.74, 6) is -2.09. The predicted octanol–water partition coefficient (Wildman–Crippen LogP) is 5.37. The lowest BCUT2D eigenvalue weighted by Gasteiger charge is -2.10. The van der Waals surface area contributed by atoms with Gasteiger partial charge in [-0.2, -0.15) is 13.2 Å². The monoisotopic (exact) mass is 393 g/mol. The van der Waals surface area contributed by atoms with Crippen molar-refractivity contribution in [2.45, 2.75) is 6.18 Å². The molecule has 3 aromatic rings. The third kappa shape index (κ3) is 4.43. The van der Waals surface area contributed by atoms with Gasteiger partial charge in [0.2, 0.25) is 0 Å². The molecule has 0 fully saturated rings. The number of hydrogen-bond acceptors (Lipinski definition) is 3. The standard InChI is InChI=1S/C19H12F5N3O/c20-14-2-1-3-15(21)17(14)26-13-8-9-16(25-10-13)27-18(28)11-4-6-12(7-5-11)19(22,23)24/h1-10,26H,(H,25,27,28). The van der Waals surface area contributed by atoms with Crippen LogP contribution in [0.2, 0.25) is 0 Å². The second-order valence-electron chi connectivity index (χ2n) is 5.68. The van der Waals surface area contributed by atoms with E-state index in [0.717, 1.165) is 36.4 Å². The number of carbonyl (C=O) groups is 1. The van der Waals surface area contributed by atoms with Crippen molar-refractivity contribution in [1.82, 2.24) is 4.98 Å². The van der Waals surface area contributed by atoms with Gasteiger partial charge in [0.25, 0.3) is 5.91 Å². The van der Waals surface area contributed by atoms with Crippen molar-refractivity contribution in [3.05, 3.63) is 83.6 Å². The van der Waals surface area contributed by atoms with Gasteiger partial charge in [0.1, 0.15) is 23.1 Å². The number of alkyl halides is 3. The number of para-hydroxylation sites is 1. The average molecular weight is 393 g/mol. The van der Waals surface area contributed by atoms with Gasteiger partial charge in [-0.3, -0.25) is 4.79 Å². The number of pyridine rings is 1. The molecule has 0 saturated heterocycles. The predicted molar refractivity (Wildman–Crippen MR) is 93.3 cm³/mol. The molecule has 0 aliphatic carbocycles. The Kier molecular flexibility index (Phi) is 5.25. The lowest BCUT2D eigenvalue weighted by Crippen LogP contribution is -2.13. The number of amides is 1. The molecule has 0 aliphatic rings. The smallest absolute Gasteiger partial charge is 0.349 e. The van der Waals surface area contributed by atoms with Crippen LogP contribution in [-0.4, -0.2) is 10.9 Å². The van der Waals surface area contributed by atoms with E-state index in [-0.39, 0.29) is 22.8 Å². The maximum absolute atomic E-state index is 13.6. The maximum Gasteiger partial charge on any atom is 0.416 e. The SMILES string of the molecule is O=C(Nc1ccc(Nc2c(F)cccc2F)cn1)c1ccc(C(F)(F)F)cc1. The molecule has 0 radical (unpaired) electrons. The molecule has 0 bridgehead atoms. The number of hydrogen-bond donors (Lipinski definition) is 2. The lowest BCUT2D eigenvalue weighted by molar-refractivity contribution is -0.137. The van der Waals surface area contributed by atoms with Gasteiger partial charge in [-0.15, -0.1) is 0 Å². The molecule has 1 heterocycles. The van der Waals surface area contributed by atoms with Crippen LogP contribution in [0.25, 0.3) is 0 Å². The van der Waals surface area contributed by atoms with Crippen molar-refractivity contribution in [1.29, 1.82) is 0 Å². The Hall–Kier alpha value is -3.49. The molecule has 0 unspecified atom stereocenters. The molecule has 9 heteroatoms. The van der Waals surface area contributed by atoms with Crippen LogP contribution in [0, 0.1) is 11.6 Å². The van der Waals surface area contributed by atoms with Gasteiger partial charge in [0, 0.05) is 5.56 Å². The number of benzene rings is 2. The summed E-state index contributed by atoms with van der Waals surface area (Å²) >= 11 is 0. The van der Waals surface area contributed by atoms with E-state index < -0.39 is 29.3 Å². The van der Waals surface area contributed by atoms with E-state index in [0.29, 0.717) is 0 Å². The lowest BCUT2D eigenvalue weighted by atomic mass is 10.1. The summed E-state index contributed by atoms with van der Waals surface area (Å²) in [6.45, 7) is 0. The Balaban J connectivity index is 1.68. The van der Waals surface area contributed by atoms with E-state index in [1.165, 1.54) is 24.4 Å². The molecule has 144 valence electrons. The van der Waals surface area contributed by atoms with Crippen molar-refractivity contribution in [2.24, 2.45) is 0 Å². The second-order valence-corrected chi connectivity index (χ2v) is 5.68. The summed E-state index contributed by atoms with van der Waals surface area (Å²) in [7, 11) is 0. The molecular weight excluding hydrogens is 381 g/mol. The van der Waals surface area contributed by atoms with Gasteiger partial charge >= 0.3 is 6.18 Å². The fourth-order valence-electron chi connectivity index (χ4n) is 2.30. The minimum Gasteiger partial charge on any atom is -0.349 e. The van der Waals surface area contributed by atoms with Gasteiger partial charge < -0.3 is 10.6 Å². The molecule has 2 aromatic carbocycles. The van der Waals surface area contributed by atoms with Crippen LogP contribution in [-0.2, 0) is 6.18 Å². The van der Waals surface area contributed by atoms with Crippen LogP contribution in [0.1, 0.15) is 15.9 Å².